The number of para-hydroxylation sites is 1. The number of ketones is 1. The summed E-state index contributed by atoms with van der Waals surface area (Å²) in [6.45, 7) is 7.19. The van der Waals surface area contributed by atoms with Crippen LogP contribution in [0, 0.1) is 0 Å². The third-order valence-corrected chi connectivity index (χ3v) is 5.76. The molecule has 0 unspecified atom stereocenters. The lowest BCUT2D eigenvalue weighted by molar-refractivity contribution is -0.143. The van der Waals surface area contributed by atoms with Gasteiger partial charge in [0.15, 0.2) is 5.78 Å². The predicted molar refractivity (Wildman–Crippen MR) is 132 cm³/mol. The number of aromatic nitrogens is 1. The summed E-state index contributed by atoms with van der Waals surface area (Å²) in [5, 5.41) is 0.921. The maximum absolute atomic E-state index is 13.4. The molecule has 33 heavy (non-hydrogen) atoms. The zero-order valence-corrected chi connectivity index (χ0v) is 20.0. The standard InChI is InChI=1S/C28H35NO4/c1-4-10-22(11-5-2)33-23-17-15-21(16-18-23)28(31)25-20-29(19-9-14-27(30)32-6-3)26-13-8-7-12-24(25)26/h7-8,12-13,15-18,20,22H,4-6,9-11,14,19H2,1-3H3. The molecule has 0 fully saturated rings. The molecule has 3 aromatic rings. The first-order valence-electron chi connectivity index (χ1n) is 12.1. The van der Waals surface area contributed by atoms with Gasteiger partial charge in [0.1, 0.15) is 5.75 Å². The van der Waals surface area contributed by atoms with Crippen LogP contribution in [0.1, 0.15) is 75.2 Å². The van der Waals surface area contributed by atoms with Crippen LogP contribution in [0.15, 0.2) is 54.7 Å². The van der Waals surface area contributed by atoms with E-state index < -0.39 is 0 Å². The number of carbonyl (C=O) groups excluding carboxylic acids is 2. The van der Waals surface area contributed by atoms with E-state index in [0.717, 1.165) is 42.3 Å². The highest BCUT2D eigenvalue weighted by Crippen LogP contribution is 2.26. The zero-order valence-electron chi connectivity index (χ0n) is 20.0. The molecule has 0 bridgehead atoms. The molecule has 5 nitrogen and oxygen atoms in total. The number of aryl methyl sites for hydroxylation is 1. The van der Waals surface area contributed by atoms with E-state index in [1.807, 2.05) is 61.7 Å². The Balaban J connectivity index is 1.76. The molecule has 0 saturated heterocycles. The van der Waals surface area contributed by atoms with E-state index in [9.17, 15) is 9.59 Å². The summed E-state index contributed by atoms with van der Waals surface area (Å²) in [4.78, 5) is 25.0. The fourth-order valence-corrected chi connectivity index (χ4v) is 4.18. The van der Waals surface area contributed by atoms with E-state index in [1.54, 1.807) is 0 Å². The van der Waals surface area contributed by atoms with Crippen LogP contribution in [-0.2, 0) is 16.1 Å². The van der Waals surface area contributed by atoms with Gasteiger partial charge in [-0.2, -0.15) is 0 Å². The van der Waals surface area contributed by atoms with Crippen LogP contribution in [-0.4, -0.2) is 29.0 Å². The van der Waals surface area contributed by atoms with E-state index in [-0.39, 0.29) is 17.9 Å². The van der Waals surface area contributed by atoms with Gasteiger partial charge in [0.05, 0.1) is 12.7 Å². The van der Waals surface area contributed by atoms with Gasteiger partial charge in [0, 0.05) is 41.2 Å². The van der Waals surface area contributed by atoms with Gasteiger partial charge in [-0.25, -0.2) is 0 Å². The summed E-state index contributed by atoms with van der Waals surface area (Å²) in [5.41, 5.74) is 2.30. The Kier molecular flexibility index (Phi) is 9.11. The second-order valence-electron chi connectivity index (χ2n) is 8.33. The molecule has 0 spiro atoms. The number of benzene rings is 2. The Morgan fingerprint density at radius 3 is 2.30 bits per heavy atom. The lowest BCUT2D eigenvalue weighted by Crippen LogP contribution is -2.15. The monoisotopic (exact) mass is 449 g/mol. The Hall–Kier alpha value is -3.08. The van der Waals surface area contributed by atoms with Crippen molar-refractivity contribution >= 4 is 22.7 Å². The molecule has 0 saturated carbocycles. The maximum Gasteiger partial charge on any atom is 0.305 e. The van der Waals surface area contributed by atoms with E-state index in [1.165, 1.54) is 0 Å². The molecule has 0 aliphatic heterocycles. The van der Waals surface area contributed by atoms with Crippen LogP contribution in [0.5, 0.6) is 5.75 Å². The van der Waals surface area contributed by atoms with Crippen molar-refractivity contribution in [3.63, 3.8) is 0 Å². The van der Waals surface area contributed by atoms with Gasteiger partial charge in [-0.1, -0.05) is 44.9 Å². The number of hydrogen-bond acceptors (Lipinski definition) is 4. The molecule has 176 valence electrons. The summed E-state index contributed by atoms with van der Waals surface area (Å²) in [6.07, 6.45) is 7.39. The van der Waals surface area contributed by atoms with E-state index >= 15 is 0 Å². The van der Waals surface area contributed by atoms with Crippen LogP contribution in [0.25, 0.3) is 10.9 Å². The van der Waals surface area contributed by atoms with Gasteiger partial charge in [-0.05, 0) is 56.5 Å². The fourth-order valence-electron chi connectivity index (χ4n) is 4.18. The summed E-state index contributed by atoms with van der Waals surface area (Å²) in [5.74, 6) is 0.605. The van der Waals surface area contributed by atoms with Gasteiger partial charge in [0.25, 0.3) is 0 Å². The highest BCUT2D eigenvalue weighted by Gasteiger charge is 2.17. The summed E-state index contributed by atoms with van der Waals surface area (Å²) in [7, 11) is 0. The van der Waals surface area contributed by atoms with Crippen molar-refractivity contribution in [3.05, 3.63) is 65.9 Å². The SMILES string of the molecule is CCCC(CCC)Oc1ccc(C(=O)c2cn(CCCC(=O)OCC)c3ccccc23)cc1. The quantitative estimate of drug-likeness (QED) is 0.219. The van der Waals surface area contributed by atoms with E-state index in [0.29, 0.717) is 37.1 Å². The van der Waals surface area contributed by atoms with Crippen molar-refractivity contribution in [2.75, 3.05) is 6.61 Å². The van der Waals surface area contributed by atoms with E-state index in [2.05, 4.69) is 18.4 Å². The minimum absolute atomic E-state index is 0.0134. The van der Waals surface area contributed by atoms with Gasteiger partial charge < -0.3 is 14.0 Å². The largest absolute Gasteiger partial charge is 0.490 e. The Bertz CT molecular complexity index is 1050. The van der Waals surface area contributed by atoms with Crippen LogP contribution in [0.3, 0.4) is 0 Å². The molecule has 0 atom stereocenters. The van der Waals surface area contributed by atoms with Crippen LogP contribution in [0.2, 0.25) is 0 Å². The van der Waals surface area contributed by atoms with Crippen molar-refractivity contribution in [3.8, 4) is 5.75 Å². The van der Waals surface area contributed by atoms with E-state index in [4.69, 9.17) is 9.47 Å². The number of rotatable bonds is 13. The molecule has 2 aromatic carbocycles. The lowest BCUT2D eigenvalue weighted by Gasteiger charge is -2.18. The minimum Gasteiger partial charge on any atom is -0.490 e. The highest BCUT2D eigenvalue weighted by atomic mass is 16.5. The molecule has 0 aliphatic carbocycles. The molecular weight excluding hydrogens is 414 g/mol. The van der Waals surface area contributed by atoms with Crippen molar-refractivity contribution in [2.24, 2.45) is 0 Å². The molecule has 0 radical (unpaired) electrons. The molecule has 0 amide bonds. The third-order valence-electron chi connectivity index (χ3n) is 5.76. The van der Waals surface area contributed by atoms with Gasteiger partial charge in [-0.15, -0.1) is 0 Å². The van der Waals surface area contributed by atoms with Crippen LogP contribution >= 0.6 is 0 Å². The zero-order chi connectivity index (χ0) is 23.6. The molecule has 1 heterocycles. The van der Waals surface area contributed by atoms with Crippen LogP contribution in [0.4, 0.5) is 0 Å². The molecule has 0 aliphatic rings. The second-order valence-corrected chi connectivity index (χ2v) is 8.33. The number of nitrogens with zero attached hydrogens (tertiary/aromatic N) is 1. The summed E-state index contributed by atoms with van der Waals surface area (Å²) in [6, 6.07) is 15.4. The average Bonchev–Trinajstić information content (AvgIpc) is 3.18. The number of fused-ring (bicyclic) bond motifs is 1. The number of ether oxygens (including phenoxy) is 2. The predicted octanol–water partition coefficient (Wildman–Crippen LogP) is 6.56. The average molecular weight is 450 g/mol. The fraction of sp³-hybridized carbons (Fsp3) is 0.429. The van der Waals surface area contributed by atoms with Crippen LogP contribution < -0.4 is 4.74 Å². The summed E-state index contributed by atoms with van der Waals surface area (Å²) < 4.78 is 13.2. The topological polar surface area (TPSA) is 57.5 Å². The van der Waals surface area contributed by atoms with Gasteiger partial charge in [0.2, 0.25) is 0 Å². The number of carbonyl (C=O) groups is 2. The number of hydrogen-bond donors (Lipinski definition) is 0. The van der Waals surface area contributed by atoms with Crippen molar-refractivity contribution in [1.82, 2.24) is 4.57 Å². The Morgan fingerprint density at radius 2 is 1.64 bits per heavy atom. The first kappa shape index (κ1) is 24.6. The highest BCUT2D eigenvalue weighted by molar-refractivity contribution is 6.16. The van der Waals surface area contributed by atoms with Crippen molar-refractivity contribution in [1.29, 1.82) is 0 Å². The first-order chi connectivity index (χ1) is 16.1. The van der Waals surface area contributed by atoms with Crippen molar-refractivity contribution in [2.45, 2.75) is 71.9 Å². The third kappa shape index (κ3) is 6.47. The molecule has 0 N–H and O–H groups in total. The second kappa shape index (κ2) is 12.2. The van der Waals surface area contributed by atoms with Gasteiger partial charge >= 0.3 is 5.97 Å². The smallest absolute Gasteiger partial charge is 0.305 e. The molecule has 1 aromatic heterocycles. The molecule has 3 rings (SSSR count). The Morgan fingerprint density at radius 1 is 0.939 bits per heavy atom. The molecular formula is C28H35NO4. The van der Waals surface area contributed by atoms with Crippen molar-refractivity contribution < 1.29 is 19.1 Å². The molecule has 5 heteroatoms. The minimum atomic E-state index is -0.187. The number of esters is 1. The lowest BCUT2D eigenvalue weighted by atomic mass is 10.0. The maximum atomic E-state index is 13.4. The normalized spacial score (nSPS) is 11.2. The Labute approximate surface area is 196 Å². The first-order valence-corrected chi connectivity index (χ1v) is 12.1. The van der Waals surface area contributed by atoms with Gasteiger partial charge in [-0.3, -0.25) is 9.59 Å². The summed E-state index contributed by atoms with van der Waals surface area (Å²) >= 11 is 0.